The molecule has 15 heteroatoms. The van der Waals surface area contributed by atoms with Gasteiger partial charge in [-0.2, -0.15) is 18.4 Å². The number of halogens is 4. The minimum Gasteiger partial charge on any atom is -0.756 e. The number of anilines is 1. The third-order valence-electron chi connectivity index (χ3n) is 4.14. The van der Waals surface area contributed by atoms with Crippen molar-refractivity contribution in [2.45, 2.75) is 23.6 Å². The summed E-state index contributed by atoms with van der Waals surface area (Å²) in [6.07, 6.45) is -4.98. The zero-order valence-corrected chi connectivity index (χ0v) is 18.2. The SMILES string of the molecule is CC(CS(=O)(=O)c1ccc(F)cc1)(OP(=O)([O-])O)C(=O)Nc1ccc(C#N)c(C(F)(F)F)c1. The minimum absolute atomic E-state index is 0.376. The normalized spacial score (nSPS) is 15.7. The fourth-order valence-corrected chi connectivity index (χ4v) is 5.07. The number of carbonyl (C=O) groups is 1. The molecule has 2 aromatic rings. The van der Waals surface area contributed by atoms with E-state index in [4.69, 9.17) is 10.2 Å². The number of phosphoric ester groups is 1. The number of nitrogens with one attached hydrogen (secondary N) is 1. The summed E-state index contributed by atoms with van der Waals surface area (Å²) >= 11 is 0. The third-order valence-corrected chi connectivity index (χ3v) is 6.69. The first-order valence-electron chi connectivity index (χ1n) is 8.62. The van der Waals surface area contributed by atoms with Gasteiger partial charge in [-0.3, -0.25) is 9.36 Å². The molecule has 33 heavy (non-hydrogen) atoms. The lowest BCUT2D eigenvalue weighted by Crippen LogP contribution is -2.48. The first-order chi connectivity index (χ1) is 15.0. The van der Waals surface area contributed by atoms with Gasteiger partial charge in [-0.05, 0) is 49.4 Å². The molecule has 0 aliphatic rings. The second-order valence-electron chi connectivity index (χ2n) is 6.83. The van der Waals surface area contributed by atoms with Crippen LogP contribution in [-0.4, -0.2) is 30.6 Å². The molecule has 0 fully saturated rings. The Bertz CT molecular complexity index is 1250. The Balaban J connectivity index is 2.45. The van der Waals surface area contributed by atoms with E-state index in [1.165, 1.54) is 6.07 Å². The summed E-state index contributed by atoms with van der Waals surface area (Å²) in [5.41, 5.74) is -5.61. The van der Waals surface area contributed by atoms with E-state index in [-0.39, 0.29) is 0 Å². The Morgan fingerprint density at radius 2 is 1.82 bits per heavy atom. The number of amides is 1. The van der Waals surface area contributed by atoms with E-state index in [1.54, 1.807) is 0 Å². The second kappa shape index (κ2) is 9.20. The van der Waals surface area contributed by atoms with Gasteiger partial charge in [0.05, 0.1) is 27.8 Å². The highest BCUT2D eigenvalue weighted by Crippen LogP contribution is 2.39. The summed E-state index contributed by atoms with van der Waals surface area (Å²) in [4.78, 5) is 32.5. The lowest BCUT2D eigenvalue weighted by molar-refractivity contribution is -0.228. The molecule has 0 spiro atoms. The van der Waals surface area contributed by atoms with Gasteiger partial charge < -0.3 is 19.6 Å². The van der Waals surface area contributed by atoms with Crippen LogP contribution in [0.15, 0.2) is 47.4 Å². The van der Waals surface area contributed by atoms with Crippen molar-refractivity contribution < 1.29 is 49.6 Å². The van der Waals surface area contributed by atoms with E-state index in [2.05, 4.69) is 4.52 Å². The molecular weight excluding hydrogens is 495 g/mol. The van der Waals surface area contributed by atoms with Crippen molar-refractivity contribution in [1.29, 1.82) is 5.26 Å². The molecule has 0 aliphatic carbocycles. The van der Waals surface area contributed by atoms with E-state index >= 15 is 0 Å². The number of carbonyl (C=O) groups excluding carboxylic acids is 1. The number of alkyl halides is 3. The van der Waals surface area contributed by atoms with Gasteiger partial charge in [0.15, 0.2) is 15.4 Å². The first kappa shape index (κ1) is 26.4. The predicted molar refractivity (Wildman–Crippen MR) is 103 cm³/mol. The van der Waals surface area contributed by atoms with Crippen LogP contribution in [0, 0.1) is 17.1 Å². The van der Waals surface area contributed by atoms with Gasteiger partial charge in [0.25, 0.3) is 13.7 Å². The lowest BCUT2D eigenvalue weighted by atomic mass is 10.1. The first-order valence-corrected chi connectivity index (χ1v) is 11.8. The van der Waals surface area contributed by atoms with Crippen LogP contribution in [0.5, 0.6) is 0 Å². The summed E-state index contributed by atoms with van der Waals surface area (Å²) in [5.74, 6) is -3.73. The Kier molecular flexibility index (Phi) is 7.37. The summed E-state index contributed by atoms with van der Waals surface area (Å²) in [6.45, 7) is 0.665. The second-order valence-corrected chi connectivity index (χ2v) is 9.94. The molecule has 0 saturated heterocycles. The number of nitrogens with zero attached hydrogens (tertiary/aromatic N) is 1. The molecule has 2 N–H and O–H groups in total. The fraction of sp³-hybridized carbons (Fsp3) is 0.222. The highest BCUT2D eigenvalue weighted by atomic mass is 32.2. The van der Waals surface area contributed by atoms with Crippen LogP contribution in [0.3, 0.4) is 0 Å². The van der Waals surface area contributed by atoms with Crippen LogP contribution < -0.4 is 10.2 Å². The summed E-state index contributed by atoms with van der Waals surface area (Å²) < 4.78 is 93.4. The van der Waals surface area contributed by atoms with E-state index in [9.17, 15) is 40.2 Å². The molecule has 2 rings (SSSR count). The van der Waals surface area contributed by atoms with Gasteiger partial charge in [0.2, 0.25) is 0 Å². The topological polar surface area (TPSA) is 157 Å². The molecule has 2 atom stereocenters. The summed E-state index contributed by atoms with van der Waals surface area (Å²) in [7, 11) is -10.3. The average molecular weight is 509 g/mol. The number of hydrogen-bond donors (Lipinski definition) is 2. The van der Waals surface area contributed by atoms with Gasteiger partial charge in [0, 0.05) is 5.69 Å². The van der Waals surface area contributed by atoms with Gasteiger partial charge in [-0.25, -0.2) is 12.8 Å². The fourth-order valence-electron chi connectivity index (χ4n) is 2.69. The molecule has 0 bridgehead atoms. The average Bonchev–Trinajstić information content (AvgIpc) is 2.65. The largest absolute Gasteiger partial charge is 0.756 e. The van der Waals surface area contributed by atoms with Crippen LogP contribution in [0.2, 0.25) is 0 Å². The van der Waals surface area contributed by atoms with Crippen molar-refractivity contribution in [2.75, 3.05) is 11.1 Å². The van der Waals surface area contributed by atoms with E-state index in [1.807, 2.05) is 5.32 Å². The zero-order chi connectivity index (χ0) is 25.2. The minimum atomic E-state index is -5.74. The highest BCUT2D eigenvalue weighted by molar-refractivity contribution is 7.91. The number of hydrogen-bond acceptors (Lipinski definition) is 7. The monoisotopic (exact) mass is 509 g/mol. The molecule has 0 saturated carbocycles. The molecular formula is C18H14F4N2O7PS-. The maximum absolute atomic E-state index is 13.1. The van der Waals surface area contributed by atoms with Crippen molar-refractivity contribution in [3.05, 3.63) is 59.4 Å². The van der Waals surface area contributed by atoms with Crippen LogP contribution >= 0.6 is 7.82 Å². The zero-order valence-electron chi connectivity index (χ0n) is 16.5. The Morgan fingerprint density at radius 1 is 1.24 bits per heavy atom. The molecule has 1 amide bonds. The Hall–Kier alpha value is -2.82. The van der Waals surface area contributed by atoms with Gasteiger partial charge in [-0.1, -0.05) is 0 Å². The van der Waals surface area contributed by atoms with Crippen LogP contribution in [0.1, 0.15) is 18.1 Å². The van der Waals surface area contributed by atoms with Crippen molar-refractivity contribution in [3.63, 3.8) is 0 Å². The van der Waals surface area contributed by atoms with Crippen molar-refractivity contribution in [3.8, 4) is 6.07 Å². The molecule has 0 heterocycles. The molecule has 0 aliphatic heterocycles. The van der Waals surface area contributed by atoms with Gasteiger partial charge >= 0.3 is 6.18 Å². The number of sulfone groups is 1. The maximum atomic E-state index is 13.1. The summed E-state index contributed by atoms with van der Waals surface area (Å²) in [6, 6.07) is 6.54. The third kappa shape index (κ3) is 6.83. The molecule has 178 valence electrons. The number of phosphoric acid groups is 1. The van der Waals surface area contributed by atoms with Crippen molar-refractivity contribution in [2.24, 2.45) is 0 Å². The Labute approximate surface area is 184 Å². The molecule has 2 aromatic carbocycles. The number of benzene rings is 2. The van der Waals surface area contributed by atoms with Crippen LogP contribution in [0.4, 0.5) is 23.2 Å². The standard InChI is InChI=1S/C18H15F4N2O7PS/c1-17(31-32(26,27)28,10-33(29,30)14-6-3-12(19)4-7-14)16(25)24-13-5-2-11(9-23)15(8-13)18(20,21)22/h2-8H,10H2,1H3,(H,24,25)(H2,26,27,28)/p-1. The van der Waals surface area contributed by atoms with E-state index in [0.29, 0.717) is 13.0 Å². The Morgan fingerprint density at radius 3 is 2.30 bits per heavy atom. The molecule has 0 aromatic heterocycles. The quantitative estimate of drug-likeness (QED) is 0.327. The van der Waals surface area contributed by atoms with Crippen molar-refractivity contribution in [1.82, 2.24) is 0 Å². The molecule has 9 nitrogen and oxygen atoms in total. The smallest absolute Gasteiger partial charge is 0.417 e. The predicted octanol–water partition coefficient (Wildman–Crippen LogP) is 2.36. The highest BCUT2D eigenvalue weighted by Gasteiger charge is 2.43. The molecule has 0 radical (unpaired) electrons. The van der Waals surface area contributed by atoms with Crippen LogP contribution in [0.25, 0.3) is 0 Å². The van der Waals surface area contributed by atoms with Crippen molar-refractivity contribution >= 4 is 29.3 Å². The molecule has 2 unspecified atom stereocenters. The van der Waals surface area contributed by atoms with Gasteiger partial charge in [-0.15, -0.1) is 0 Å². The van der Waals surface area contributed by atoms with E-state index < -0.39 is 68.6 Å². The van der Waals surface area contributed by atoms with Crippen LogP contribution in [-0.2, 0) is 29.9 Å². The number of rotatable bonds is 7. The maximum Gasteiger partial charge on any atom is 0.417 e. The van der Waals surface area contributed by atoms with Gasteiger partial charge in [0.1, 0.15) is 5.82 Å². The summed E-state index contributed by atoms with van der Waals surface area (Å²) in [5, 5.41) is 10.7. The van der Waals surface area contributed by atoms with E-state index in [0.717, 1.165) is 36.4 Å². The number of nitriles is 1. The lowest BCUT2D eigenvalue weighted by Gasteiger charge is -2.32.